The van der Waals surface area contributed by atoms with Crippen molar-refractivity contribution in [2.75, 3.05) is 7.11 Å². The Kier molecular flexibility index (Phi) is 3.55. The number of hydrogen-bond donors (Lipinski definition) is 0. The summed E-state index contributed by atoms with van der Waals surface area (Å²) in [6.45, 7) is 0. The van der Waals surface area contributed by atoms with Gasteiger partial charge in [0, 0.05) is 11.5 Å². The van der Waals surface area contributed by atoms with Gasteiger partial charge in [0.05, 0.1) is 7.11 Å². The topological polar surface area (TPSA) is 26.3 Å². The van der Waals surface area contributed by atoms with Crippen molar-refractivity contribution in [3.8, 4) is 5.75 Å². The van der Waals surface area contributed by atoms with Crippen LogP contribution in [0.3, 0.4) is 0 Å². The summed E-state index contributed by atoms with van der Waals surface area (Å²) in [5, 5.41) is 0. The third kappa shape index (κ3) is 2.46. The number of ether oxygens (including phenoxy) is 1. The van der Waals surface area contributed by atoms with E-state index >= 15 is 0 Å². The predicted octanol–water partition coefficient (Wildman–Crippen LogP) is 3.68. The first-order chi connectivity index (χ1) is 9.78. The van der Waals surface area contributed by atoms with Crippen molar-refractivity contribution < 1.29 is 9.53 Å². The second-order valence-electron chi connectivity index (χ2n) is 5.30. The maximum absolute atomic E-state index is 12.6. The average Bonchev–Trinajstić information content (AvgIpc) is 2.54. The summed E-state index contributed by atoms with van der Waals surface area (Å²) >= 11 is 0. The predicted molar refractivity (Wildman–Crippen MR) is 79.3 cm³/mol. The van der Waals surface area contributed by atoms with E-state index in [1.807, 2.05) is 24.3 Å². The van der Waals surface area contributed by atoms with Crippen LogP contribution in [-0.4, -0.2) is 12.9 Å². The smallest absolute Gasteiger partial charge is 0.166 e. The van der Waals surface area contributed by atoms with Crippen LogP contribution < -0.4 is 4.74 Å². The molecule has 20 heavy (non-hydrogen) atoms. The van der Waals surface area contributed by atoms with Crippen LogP contribution >= 0.6 is 0 Å². The van der Waals surface area contributed by atoms with E-state index in [0.29, 0.717) is 0 Å². The summed E-state index contributed by atoms with van der Waals surface area (Å²) in [5.74, 6) is 1.15. The second kappa shape index (κ2) is 5.49. The first-order valence-corrected chi connectivity index (χ1v) is 7.03. The molecule has 0 radical (unpaired) electrons. The Morgan fingerprint density at radius 2 is 1.75 bits per heavy atom. The lowest BCUT2D eigenvalue weighted by Crippen LogP contribution is -2.22. The fraction of sp³-hybridized carbons (Fsp3) is 0.278. The molecule has 0 aromatic heterocycles. The Bertz CT molecular complexity index is 614. The van der Waals surface area contributed by atoms with Gasteiger partial charge in [-0.2, -0.15) is 0 Å². The van der Waals surface area contributed by atoms with Gasteiger partial charge >= 0.3 is 0 Å². The first kappa shape index (κ1) is 12.9. The molecule has 0 N–H and O–H groups in total. The quantitative estimate of drug-likeness (QED) is 0.792. The van der Waals surface area contributed by atoms with E-state index in [0.717, 1.165) is 30.6 Å². The van der Waals surface area contributed by atoms with Crippen LogP contribution in [-0.2, 0) is 12.8 Å². The molecule has 0 spiro atoms. The van der Waals surface area contributed by atoms with E-state index in [4.69, 9.17) is 4.74 Å². The van der Waals surface area contributed by atoms with Gasteiger partial charge in [-0.1, -0.05) is 24.3 Å². The largest absolute Gasteiger partial charge is 0.497 e. The normalized spacial score (nSPS) is 17.4. The SMILES string of the molecule is COc1ccc(C(=O)C2CCc3ccccc3C2)cc1. The summed E-state index contributed by atoms with van der Waals surface area (Å²) < 4.78 is 5.13. The number of rotatable bonds is 3. The Morgan fingerprint density at radius 3 is 2.45 bits per heavy atom. The molecule has 0 bridgehead atoms. The van der Waals surface area contributed by atoms with Gasteiger partial charge < -0.3 is 4.74 Å². The molecule has 102 valence electrons. The molecule has 1 aliphatic rings. The Hall–Kier alpha value is -2.09. The van der Waals surface area contributed by atoms with Crippen molar-refractivity contribution in [3.63, 3.8) is 0 Å². The number of benzene rings is 2. The summed E-state index contributed by atoms with van der Waals surface area (Å²) in [6, 6.07) is 15.9. The van der Waals surface area contributed by atoms with Crippen molar-refractivity contribution in [1.29, 1.82) is 0 Å². The van der Waals surface area contributed by atoms with Gasteiger partial charge in [-0.3, -0.25) is 4.79 Å². The van der Waals surface area contributed by atoms with E-state index < -0.39 is 0 Å². The number of carbonyl (C=O) groups is 1. The molecule has 2 nitrogen and oxygen atoms in total. The van der Waals surface area contributed by atoms with E-state index in [2.05, 4.69) is 24.3 Å². The molecule has 0 heterocycles. The van der Waals surface area contributed by atoms with Crippen LogP contribution in [0, 0.1) is 5.92 Å². The standard InChI is InChI=1S/C18H18O2/c1-20-17-10-8-14(9-11-17)18(19)16-7-6-13-4-2-3-5-15(13)12-16/h2-5,8-11,16H,6-7,12H2,1H3. The molecule has 0 fully saturated rings. The molecule has 1 unspecified atom stereocenters. The van der Waals surface area contributed by atoms with Gasteiger partial charge in [0.25, 0.3) is 0 Å². The Balaban J connectivity index is 1.78. The third-order valence-corrected chi connectivity index (χ3v) is 4.09. The molecule has 1 atom stereocenters. The summed E-state index contributed by atoms with van der Waals surface area (Å²) in [5.41, 5.74) is 3.51. The lowest BCUT2D eigenvalue weighted by Gasteiger charge is -2.23. The van der Waals surface area contributed by atoms with Crippen molar-refractivity contribution in [2.24, 2.45) is 5.92 Å². The van der Waals surface area contributed by atoms with Crippen LogP contribution in [0.2, 0.25) is 0 Å². The second-order valence-corrected chi connectivity index (χ2v) is 5.30. The molecule has 2 aromatic carbocycles. The minimum atomic E-state index is 0.110. The molecule has 0 saturated carbocycles. The van der Waals surface area contributed by atoms with Crippen LogP contribution in [0.1, 0.15) is 27.9 Å². The monoisotopic (exact) mass is 266 g/mol. The molecular formula is C18H18O2. The number of fused-ring (bicyclic) bond motifs is 1. The molecular weight excluding hydrogens is 248 g/mol. The lowest BCUT2D eigenvalue weighted by atomic mass is 9.80. The highest BCUT2D eigenvalue weighted by Crippen LogP contribution is 2.28. The highest BCUT2D eigenvalue weighted by molar-refractivity contribution is 5.98. The van der Waals surface area contributed by atoms with Crippen molar-refractivity contribution >= 4 is 5.78 Å². The summed E-state index contributed by atoms with van der Waals surface area (Å²) in [7, 11) is 1.63. The first-order valence-electron chi connectivity index (χ1n) is 7.03. The highest BCUT2D eigenvalue weighted by atomic mass is 16.5. The van der Waals surface area contributed by atoms with E-state index in [1.54, 1.807) is 7.11 Å². The Labute approximate surface area is 119 Å². The van der Waals surface area contributed by atoms with Crippen molar-refractivity contribution in [3.05, 3.63) is 65.2 Å². The van der Waals surface area contributed by atoms with Gasteiger partial charge in [-0.15, -0.1) is 0 Å². The molecule has 0 amide bonds. The van der Waals surface area contributed by atoms with Gasteiger partial charge in [0.2, 0.25) is 0 Å². The maximum Gasteiger partial charge on any atom is 0.166 e. The van der Waals surface area contributed by atoms with Gasteiger partial charge in [-0.25, -0.2) is 0 Å². The number of aryl methyl sites for hydroxylation is 1. The Morgan fingerprint density at radius 1 is 1.05 bits per heavy atom. The molecule has 2 heteroatoms. The maximum atomic E-state index is 12.6. The van der Waals surface area contributed by atoms with Crippen molar-refractivity contribution in [2.45, 2.75) is 19.3 Å². The van der Waals surface area contributed by atoms with Crippen LogP contribution in [0.4, 0.5) is 0 Å². The van der Waals surface area contributed by atoms with Crippen LogP contribution in [0.25, 0.3) is 0 Å². The van der Waals surface area contributed by atoms with Crippen LogP contribution in [0.15, 0.2) is 48.5 Å². The number of carbonyl (C=O) groups excluding carboxylic acids is 1. The number of Topliss-reactive ketones (excluding diaryl/α,β-unsaturated/α-hetero) is 1. The zero-order chi connectivity index (χ0) is 13.9. The fourth-order valence-corrected chi connectivity index (χ4v) is 2.91. The molecule has 2 aromatic rings. The number of ketones is 1. The minimum absolute atomic E-state index is 0.110. The van der Waals surface area contributed by atoms with Gasteiger partial charge in [0.15, 0.2) is 5.78 Å². The van der Waals surface area contributed by atoms with E-state index in [1.165, 1.54) is 11.1 Å². The zero-order valence-corrected chi connectivity index (χ0v) is 11.6. The molecule has 3 rings (SSSR count). The zero-order valence-electron chi connectivity index (χ0n) is 11.6. The summed E-state index contributed by atoms with van der Waals surface area (Å²) in [4.78, 5) is 12.6. The molecule has 0 aliphatic heterocycles. The lowest BCUT2D eigenvalue weighted by molar-refractivity contribution is 0.0908. The van der Waals surface area contributed by atoms with E-state index in [-0.39, 0.29) is 11.7 Å². The van der Waals surface area contributed by atoms with Gasteiger partial charge in [0.1, 0.15) is 5.75 Å². The summed E-state index contributed by atoms with van der Waals surface area (Å²) in [6.07, 6.45) is 2.81. The fourth-order valence-electron chi connectivity index (χ4n) is 2.91. The third-order valence-electron chi connectivity index (χ3n) is 4.09. The van der Waals surface area contributed by atoms with Gasteiger partial charge in [-0.05, 0) is 54.7 Å². The molecule has 0 saturated heterocycles. The van der Waals surface area contributed by atoms with Crippen molar-refractivity contribution in [1.82, 2.24) is 0 Å². The molecule has 1 aliphatic carbocycles. The van der Waals surface area contributed by atoms with Crippen LogP contribution in [0.5, 0.6) is 5.75 Å². The van der Waals surface area contributed by atoms with E-state index in [9.17, 15) is 4.79 Å². The number of methoxy groups -OCH3 is 1. The number of hydrogen-bond acceptors (Lipinski definition) is 2. The average molecular weight is 266 g/mol. The minimum Gasteiger partial charge on any atom is -0.497 e. The highest BCUT2D eigenvalue weighted by Gasteiger charge is 2.25.